The van der Waals surface area contributed by atoms with E-state index in [1.807, 2.05) is 0 Å². The average molecular weight is 515 g/mol. The minimum atomic E-state index is -4.31. The van der Waals surface area contributed by atoms with Crippen LogP contribution in [0.1, 0.15) is 58.8 Å². The highest BCUT2D eigenvalue weighted by Gasteiger charge is 2.64. The predicted molar refractivity (Wildman–Crippen MR) is 119 cm³/mol. The summed E-state index contributed by atoms with van der Waals surface area (Å²) in [6.45, 7) is 4.31. The summed E-state index contributed by atoms with van der Waals surface area (Å²) in [5.74, 6) is 0.225. The van der Waals surface area contributed by atoms with Gasteiger partial charge in [0, 0.05) is 6.04 Å². The van der Waals surface area contributed by atoms with Gasteiger partial charge in [0.25, 0.3) is 3.12 Å². The average Bonchev–Trinajstić information content (AvgIpc) is 3.03. The number of nitrogens with one attached hydrogen (secondary N) is 1. The van der Waals surface area contributed by atoms with Gasteiger partial charge in [-0.25, -0.2) is 8.42 Å². The zero-order valence-corrected chi connectivity index (χ0v) is 21.1. The van der Waals surface area contributed by atoms with Crippen LogP contribution >= 0.6 is 34.8 Å². The van der Waals surface area contributed by atoms with E-state index in [1.54, 1.807) is 0 Å². The van der Waals surface area contributed by atoms with Gasteiger partial charge in [-0.3, -0.25) is 9.59 Å². The molecular weight excluding hydrogens is 485 g/mol. The minimum absolute atomic E-state index is 0.0856. The number of sulfone groups is 1. The van der Waals surface area contributed by atoms with Crippen LogP contribution in [-0.4, -0.2) is 41.8 Å². The van der Waals surface area contributed by atoms with Crippen LogP contribution in [0.5, 0.6) is 0 Å². The van der Waals surface area contributed by atoms with Gasteiger partial charge in [0.15, 0.2) is 0 Å². The number of hydrogen-bond donors (Lipinski definition) is 1. The highest BCUT2D eigenvalue weighted by Crippen LogP contribution is 2.66. The number of alkyl halides is 3. The van der Waals surface area contributed by atoms with Gasteiger partial charge in [-0.2, -0.15) is 0 Å². The molecule has 4 aliphatic rings. The molecule has 3 saturated carbocycles. The topological polar surface area (TPSA) is 89.5 Å². The van der Waals surface area contributed by atoms with E-state index in [0.29, 0.717) is 11.8 Å². The second-order valence-electron chi connectivity index (χ2n) is 10.4. The number of rotatable bonds is 2. The molecule has 1 amide bonds. The van der Waals surface area contributed by atoms with Gasteiger partial charge in [-0.05, 0) is 73.5 Å². The number of amides is 1. The first-order valence-electron chi connectivity index (χ1n) is 11.0. The van der Waals surface area contributed by atoms with E-state index < -0.39 is 29.5 Å². The van der Waals surface area contributed by atoms with Crippen LogP contribution in [0.2, 0.25) is 0 Å². The second-order valence-corrected chi connectivity index (χ2v) is 15.6. The van der Waals surface area contributed by atoms with Gasteiger partial charge in [0.1, 0.15) is 5.25 Å². The van der Waals surface area contributed by atoms with E-state index >= 15 is 0 Å². The number of carbonyl (C=O) groups excluding carboxylic acids is 2. The zero-order chi connectivity index (χ0) is 23.0. The number of methoxy groups -OCH3 is 1. The number of esters is 1. The Kier molecular flexibility index (Phi) is 5.89. The number of hydrogen-bond acceptors (Lipinski definition) is 5. The SMILES string of the molecule is COC(=O)[C@H]1CC[C@H]2[C@@H]3CC[C@H]4NC(=O)C(S(=O)(=O)C(Cl)(Cl)Cl)C[C@]4(C)[C@H]3CC[C@]12C. The van der Waals surface area contributed by atoms with Crippen LogP contribution in [0.25, 0.3) is 0 Å². The lowest BCUT2D eigenvalue weighted by Gasteiger charge is -2.60. The summed E-state index contributed by atoms with van der Waals surface area (Å²) >= 11 is 17.3. The highest BCUT2D eigenvalue weighted by molar-refractivity contribution is 7.98. The van der Waals surface area contributed by atoms with E-state index in [1.165, 1.54) is 7.11 Å². The molecule has 10 heteroatoms. The molecule has 0 aromatic heterocycles. The fourth-order valence-electron chi connectivity index (χ4n) is 7.69. The monoisotopic (exact) mass is 513 g/mol. The van der Waals surface area contributed by atoms with Crippen LogP contribution in [0.4, 0.5) is 0 Å². The summed E-state index contributed by atoms with van der Waals surface area (Å²) in [5.41, 5.74) is -0.506. The van der Waals surface area contributed by atoms with Crippen LogP contribution in [0.15, 0.2) is 0 Å². The highest BCUT2D eigenvalue weighted by atomic mass is 35.6. The van der Waals surface area contributed by atoms with Crippen molar-refractivity contribution in [3.63, 3.8) is 0 Å². The zero-order valence-electron chi connectivity index (χ0n) is 18.0. The molecule has 1 saturated heterocycles. The predicted octanol–water partition coefficient (Wildman–Crippen LogP) is 4.02. The van der Waals surface area contributed by atoms with Gasteiger partial charge in [0.05, 0.1) is 13.0 Å². The maximum absolute atomic E-state index is 12.9. The van der Waals surface area contributed by atoms with Crippen LogP contribution in [-0.2, 0) is 24.2 Å². The maximum Gasteiger partial charge on any atom is 0.309 e. The van der Waals surface area contributed by atoms with Crippen LogP contribution in [0, 0.1) is 34.5 Å². The Labute approximate surface area is 199 Å². The molecular formula is C21H30Cl3NO5S. The first-order valence-corrected chi connectivity index (χ1v) is 13.6. The Hall–Kier alpha value is -0.240. The van der Waals surface area contributed by atoms with Crippen molar-refractivity contribution in [1.29, 1.82) is 0 Å². The first-order chi connectivity index (χ1) is 14.3. The Bertz CT molecular complexity index is 890. The largest absolute Gasteiger partial charge is 0.469 e. The lowest BCUT2D eigenvalue weighted by molar-refractivity contribution is -0.155. The summed E-state index contributed by atoms with van der Waals surface area (Å²) in [6, 6.07) is -0.0924. The van der Waals surface area contributed by atoms with Crippen molar-refractivity contribution in [2.24, 2.45) is 34.5 Å². The Balaban J connectivity index is 1.65. The Morgan fingerprint density at radius 3 is 2.32 bits per heavy atom. The Morgan fingerprint density at radius 2 is 1.71 bits per heavy atom. The molecule has 1 unspecified atom stereocenters. The summed E-state index contributed by atoms with van der Waals surface area (Å²) < 4.78 is 28.3. The molecule has 1 aliphatic heterocycles. The summed E-state index contributed by atoms with van der Waals surface area (Å²) in [6.07, 6.45) is 5.48. The van der Waals surface area contributed by atoms with Gasteiger partial charge < -0.3 is 10.1 Å². The third-order valence-corrected chi connectivity index (χ3v) is 13.0. The number of ether oxygens (including phenoxy) is 1. The van der Waals surface area contributed by atoms with Gasteiger partial charge >= 0.3 is 5.97 Å². The van der Waals surface area contributed by atoms with E-state index in [9.17, 15) is 18.0 Å². The number of fused-ring (bicyclic) bond motifs is 5. The molecule has 0 aromatic rings. The molecule has 0 radical (unpaired) electrons. The second kappa shape index (κ2) is 7.64. The standard InChI is InChI=1S/C21H30Cl3NO5S/c1-19-9-8-13-11(12(19)5-6-14(19)18(27)30-3)4-7-16-20(13,2)10-15(17(26)25-16)31(28,29)21(22,23)24/h11-16H,4-10H2,1-3H3,(H,25,26)/t11-,12-,13-,14+,15?,16+,19-,20+/m0/s1. The van der Waals surface area contributed by atoms with E-state index in [2.05, 4.69) is 19.2 Å². The first kappa shape index (κ1) is 23.9. The van der Waals surface area contributed by atoms with Crippen LogP contribution in [0.3, 0.4) is 0 Å². The smallest absolute Gasteiger partial charge is 0.309 e. The van der Waals surface area contributed by atoms with Crippen molar-refractivity contribution in [1.82, 2.24) is 5.32 Å². The van der Waals surface area contributed by atoms with Crippen molar-refractivity contribution in [2.75, 3.05) is 7.11 Å². The minimum Gasteiger partial charge on any atom is -0.469 e. The quantitative estimate of drug-likeness (QED) is 0.444. The molecule has 0 bridgehead atoms. The lowest BCUT2D eigenvalue weighted by atomic mass is 9.47. The maximum atomic E-state index is 12.9. The molecule has 0 spiro atoms. The summed E-state index contributed by atoms with van der Waals surface area (Å²) in [7, 11) is -2.85. The van der Waals surface area contributed by atoms with Crippen molar-refractivity contribution in [2.45, 2.75) is 73.2 Å². The third kappa shape index (κ3) is 3.43. The van der Waals surface area contributed by atoms with Crippen LogP contribution < -0.4 is 5.32 Å². The molecule has 8 atom stereocenters. The number of piperidine rings is 1. The molecule has 3 aliphatic carbocycles. The molecule has 4 fully saturated rings. The van der Waals surface area contributed by atoms with E-state index in [4.69, 9.17) is 39.5 Å². The van der Waals surface area contributed by atoms with Gasteiger partial charge in [-0.1, -0.05) is 48.7 Å². The Morgan fingerprint density at radius 1 is 1.06 bits per heavy atom. The van der Waals surface area contributed by atoms with Crippen molar-refractivity contribution < 1.29 is 22.7 Å². The molecule has 0 aromatic carbocycles. The molecule has 176 valence electrons. The van der Waals surface area contributed by atoms with Crippen molar-refractivity contribution >= 4 is 56.5 Å². The van der Waals surface area contributed by atoms with E-state index in [-0.39, 0.29) is 35.7 Å². The lowest BCUT2D eigenvalue weighted by Crippen LogP contribution is -2.66. The van der Waals surface area contributed by atoms with Gasteiger partial charge in [0.2, 0.25) is 15.7 Å². The molecule has 31 heavy (non-hydrogen) atoms. The molecule has 1 heterocycles. The normalized spacial score (nSPS) is 45.2. The molecule has 1 N–H and O–H groups in total. The fraction of sp³-hybridized carbons (Fsp3) is 0.905. The van der Waals surface area contributed by atoms with E-state index in [0.717, 1.165) is 38.5 Å². The molecule has 6 nitrogen and oxygen atoms in total. The van der Waals surface area contributed by atoms with Crippen molar-refractivity contribution in [3.8, 4) is 0 Å². The molecule has 4 rings (SSSR count). The number of carbonyl (C=O) groups is 2. The third-order valence-electron chi connectivity index (χ3n) is 9.29. The fourth-order valence-corrected chi connectivity index (χ4v) is 9.90. The number of halogens is 3. The van der Waals surface area contributed by atoms with Gasteiger partial charge in [-0.15, -0.1) is 0 Å². The summed E-state index contributed by atoms with van der Waals surface area (Å²) in [5, 5.41) is 1.58. The summed E-state index contributed by atoms with van der Waals surface area (Å²) in [4.78, 5) is 25.1. The van der Waals surface area contributed by atoms with Crippen molar-refractivity contribution in [3.05, 3.63) is 0 Å².